The topological polar surface area (TPSA) is 40.5 Å². The van der Waals surface area contributed by atoms with Gasteiger partial charge < -0.3 is 10.2 Å². The highest BCUT2D eigenvalue weighted by Gasteiger charge is 2.30. The van der Waals surface area contributed by atoms with Crippen LogP contribution in [0.5, 0.6) is 0 Å². The van der Waals surface area contributed by atoms with Gasteiger partial charge in [-0.05, 0) is 25.8 Å². The van der Waals surface area contributed by atoms with Gasteiger partial charge >= 0.3 is 0 Å². The Balaban J connectivity index is 2.80. The highest BCUT2D eigenvalue weighted by molar-refractivity contribution is 5.18. The molecule has 2 nitrogen and oxygen atoms in total. The first-order chi connectivity index (χ1) is 5.54. The number of aliphatic hydroxyl groups excluding tert-OH is 2. The van der Waals surface area contributed by atoms with Crippen LogP contribution < -0.4 is 0 Å². The highest BCUT2D eigenvalue weighted by atomic mass is 16.3. The van der Waals surface area contributed by atoms with Gasteiger partial charge in [0.1, 0.15) is 6.10 Å². The lowest BCUT2D eigenvalue weighted by atomic mass is 9.82. The standard InChI is InChI=1S/C10H16O2/c1-6(2)8-5-4-7(3)9(11)10(8)12/h4,8-12H,1,5H2,2-3H3/t8?,9?,10-/m0/s1. The molecule has 2 unspecified atom stereocenters. The molecule has 0 saturated carbocycles. The zero-order chi connectivity index (χ0) is 9.30. The van der Waals surface area contributed by atoms with Crippen LogP contribution in [0.4, 0.5) is 0 Å². The summed E-state index contributed by atoms with van der Waals surface area (Å²) >= 11 is 0. The Morgan fingerprint density at radius 1 is 1.58 bits per heavy atom. The first kappa shape index (κ1) is 9.49. The predicted octanol–water partition coefficient (Wildman–Crippen LogP) is 1.25. The van der Waals surface area contributed by atoms with Gasteiger partial charge in [0.05, 0.1) is 6.10 Å². The summed E-state index contributed by atoms with van der Waals surface area (Å²) in [7, 11) is 0. The van der Waals surface area contributed by atoms with Gasteiger partial charge in [-0.3, -0.25) is 0 Å². The number of hydrogen-bond acceptors (Lipinski definition) is 2. The monoisotopic (exact) mass is 168 g/mol. The third kappa shape index (κ3) is 1.59. The molecule has 0 aliphatic heterocycles. The van der Waals surface area contributed by atoms with Gasteiger partial charge in [0, 0.05) is 5.92 Å². The molecule has 0 amide bonds. The second-order valence-corrected chi connectivity index (χ2v) is 3.57. The van der Waals surface area contributed by atoms with Crippen molar-refractivity contribution >= 4 is 0 Å². The van der Waals surface area contributed by atoms with E-state index >= 15 is 0 Å². The molecular weight excluding hydrogens is 152 g/mol. The van der Waals surface area contributed by atoms with Crippen LogP contribution in [0, 0.1) is 5.92 Å². The molecule has 0 saturated heterocycles. The summed E-state index contributed by atoms with van der Waals surface area (Å²) in [5.41, 5.74) is 1.80. The van der Waals surface area contributed by atoms with Gasteiger partial charge in [0.15, 0.2) is 0 Å². The molecule has 12 heavy (non-hydrogen) atoms. The summed E-state index contributed by atoms with van der Waals surface area (Å²) in [6.07, 6.45) is 1.38. The molecule has 3 atom stereocenters. The van der Waals surface area contributed by atoms with Crippen LogP contribution in [0.1, 0.15) is 20.3 Å². The van der Waals surface area contributed by atoms with Crippen molar-refractivity contribution in [2.45, 2.75) is 32.5 Å². The summed E-state index contributed by atoms with van der Waals surface area (Å²) < 4.78 is 0. The Morgan fingerprint density at radius 3 is 2.67 bits per heavy atom. The maximum absolute atomic E-state index is 9.63. The van der Waals surface area contributed by atoms with Crippen LogP contribution >= 0.6 is 0 Å². The largest absolute Gasteiger partial charge is 0.389 e. The molecule has 1 rings (SSSR count). The first-order valence-corrected chi connectivity index (χ1v) is 4.22. The van der Waals surface area contributed by atoms with Gasteiger partial charge in [0.25, 0.3) is 0 Å². The molecule has 2 N–H and O–H groups in total. The fourth-order valence-corrected chi connectivity index (χ4v) is 1.56. The molecule has 0 fully saturated rings. The van der Waals surface area contributed by atoms with Gasteiger partial charge in [-0.15, -0.1) is 0 Å². The van der Waals surface area contributed by atoms with Crippen LogP contribution in [0.25, 0.3) is 0 Å². The molecule has 0 bridgehead atoms. The minimum Gasteiger partial charge on any atom is -0.389 e. The van der Waals surface area contributed by atoms with Crippen molar-refractivity contribution in [2.75, 3.05) is 0 Å². The predicted molar refractivity (Wildman–Crippen MR) is 48.7 cm³/mol. The summed E-state index contributed by atoms with van der Waals surface area (Å²) in [5.74, 6) is 0.0173. The minimum absolute atomic E-state index is 0.0173. The normalized spacial score (nSPS) is 36.0. The van der Waals surface area contributed by atoms with Crippen molar-refractivity contribution in [1.29, 1.82) is 0 Å². The Labute approximate surface area is 73.2 Å². The Bertz CT molecular complexity index is 218. The maximum atomic E-state index is 9.63. The molecule has 0 radical (unpaired) electrons. The Morgan fingerprint density at radius 2 is 2.17 bits per heavy atom. The van der Waals surface area contributed by atoms with Gasteiger partial charge in [-0.25, -0.2) is 0 Å². The summed E-state index contributed by atoms with van der Waals surface area (Å²) in [6.45, 7) is 7.51. The molecule has 0 heterocycles. The average Bonchev–Trinajstić information content (AvgIpc) is 2.00. The van der Waals surface area contributed by atoms with Crippen LogP contribution in [0.2, 0.25) is 0 Å². The molecule has 0 aromatic carbocycles. The van der Waals surface area contributed by atoms with E-state index in [2.05, 4.69) is 6.58 Å². The fraction of sp³-hybridized carbons (Fsp3) is 0.600. The second kappa shape index (κ2) is 3.42. The van der Waals surface area contributed by atoms with E-state index < -0.39 is 12.2 Å². The number of aliphatic hydroxyl groups is 2. The number of hydrogen-bond donors (Lipinski definition) is 2. The zero-order valence-electron chi connectivity index (χ0n) is 7.62. The molecule has 2 heteroatoms. The lowest BCUT2D eigenvalue weighted by Crippen LogP contribution is -2.37. The van der Waals surface area contributed by atoms with Gasteiger partial charge in [-0.2, -0.15) is 0 Å². The molecule has 1 aliphatic rings. The highest BCUT2D eigenvalue weighted by Crippen LogP contribution is 2.28. The van der Waals surface area contributed by atoms with Gasteiger partial charge in [0.2, 0.25) is 0 Å². The van der Waals surface area contributed by atoms with E-state index in [4.69, 9.17) is 0 Å². The average molecular weight is 168 g/mol. The van der Waals surface area contributed by atoms with E-state index in [9.17, 15) is 10.2 Å². The minimum atomic E-state index is -0.708. The van der Waals surface area contributed by atoms with Crippen molar-refractivity contribution < 1.29 is 10.2 Å². The fourth-order valence-electron chi connectivity index (χ4n) is 1.56. The van der Waals surface area contributed by atoms with Crippen molar-refractivity contribution in [3.8, 4) is 0 Å². The van der Waals surface area contributed by atoms with E-state index in [0.29, 0.717) is 0 Å². The van der Waals surface area contributed by atoms with Crippen molar-refractivity contribution in [3.05, 3.63) is 23.8 Å². The zero-order valence-corrected chi connectivity index (χ0v) is 7.62. The lowest BCUT2D eigenvalue weighted by molar-refractivity contribution is 0.00618. The quantitative estimate of drug-likeness (QED) is 0.578. The maximum Gasteiger partial charge on any atom is 0.101 e. The van der Waals surface area contributed by atoms with E-state index in [-0.39, 0.29) is 5.92 Å². The molecule has 0 aromatic heterocycles. The smallest absolute Gasteiger partial charge is 0.101 e. The number of rotatable bonds is 1. The molecule has 1 aliphatic carbocycles. The van der Waals surface area contributed by atoms with Gasteiger partial charge in [-0.1, -0.05) is 18.2 Å². The molecule has 0 aromatic rings. The summed E-state index contributed by atoms with van der Waals surface area (Å²) in [4.78, 5) is 0. The summed E-state index contributed by atoms with van der Waals surface area (Å²) in [5, 5.41) is 19.1. The first-order valence-electron chi connectivity index (χ1n) is 4.22. The van der Waals surface area contributed by atoms with Crippen molar-refractivity contribution in [1.82, 2.24) is 0 Å². The Hall–Kier alpha value is -0.600. The summed E-state index contributed by atoms with van der Waals surface area (Å²) in [6, 6.07) is 0. The van der Waals surface area contributed by atoms with E-state index in [1.165, 1.54) is 0 Å². The van der Waals surface area contributed by atoms with Crippen LogP contribution in [0.15, 0.2) is 23.8 Å². The third-order valence-electron chi connectivity index (χ3n) is 2.53. The molecule has 0 spiro atoms. The van der Waals surface area contributed by atoms with Crippen molar-refractivity contribution in [3.63, 3.8) is 0 Å². The Kier molecular flexibility index (Phi) is 2.70. The second-order valence-electron chi connectivity index (χ2n) is 3.57. The molecular formula is C10H16O2. The van der Waals surface area contributed by atoms with E-state index in [0.717, 1.165) is 17.6 Å². The number of allylic oxidation sites excluding steroid dienone is 1. The van der Waals surface area contributed by atoms with E-state index in [1.54, 1.807) is 0 Å². The molecule has 68 valence electrons. The SMILES string of the molecule is C=C(C)C1CC=C(C)C(O)[C@H]1O. The van der Waals surface area contributed by atoms with E-state index in [1.807, 2.05) is 19.9 Å². The van der Waals surface area contributed by atoms with Crippen LogP contribution in [-0.4, -0.2) is 22.4 Å². The lowest BCUT2D eigenvalue weighted by Gasteiger charge is -2.31. The van der Waals surface area contributed by atoms with Crippen molar-refractivity contribution in [2.24, 2.45) is 5.92 Å². The van der Waals surface area contributed by atoms with Crippen LogP contribution in [-0.2, 0) is 0 Å². The third-order valence-corrected chi connectivity index (χ3v) is 2.53. The van der Waals surface area contributed by atoms with Crippen LogP contribution in [0.3, 0.4) is 0 Å².